The van der Waals surface area contributed by atoms with Crippen LogP contribution in [0, 0.1) is 0 Å². The lowest BCUT2D eigenvalue weighted by Gasteiger charge is -2.32. The maximum absolute atomic E-state index is 6.44. The van der Waals surface area contributed by atoms with Crippen LogP contribution in [-0.4, -0.2) is 18.3 Å². The predicted octanol–water partition coefficient (Wildman–Crippen LogP) is 5.80. The summed E-state index contributed by atoms with van der Waals surface area (Å²) in [6.45, 7) is 8.33. The Labute approximate surface area is 188 Å². The number of hydrogen-bond acceptors (Lipinski definition) is 4. The van der Waals surface area contributed by atoms with Gasteiger partial charge in [0.1, 0.15) is 0 Å². The molecule has 0 aromatic heterocycles. The molecule has 2 aliphatic rings. The second-order valence-corrected chi connectivity index (χ2v) is 9.73. The molecule has 1 atom stereocenters. The molecule has 1 unspecified atom stereocenters. The summed E-state index contributed by atoms with van der Waals surface area (Å²) >= 11 is 0. The lowest BCUT2D eigenvalue weighted by atomic mass is 9.78. The van der Waals surface area contributed by atoms with Gasteiger partial charge in [-0.05, 0) is 55.4 Å². The monoisotopic (exact) mass is 423 g/mol. The molecule has 0 saturated carbocycles. The summed E-state index contributed by atoms with van der Waals surface area (Å²) < 4.78 is 19.0. The molecule has 0 aliphatic carbocycles. The lowest BCUT2D eigenvalue weighted by Crippen LogP contribution is -2.41. The maximum Gasteiger partial charge on any atom is 0.494 e. The summed E-state index contributed by atoms with van der Waals surface area (Å²) in [6, 6.07) is 25.3. The van der Waals surface area contributed by atoms with Crippen LogP contribution in [-0.2, 0) is 9.31 Å². The van der Waals surface area contributed by atoms with Crippen molar-refractivity contribution in [3.05, 3.63) is 78.4 Å². The lowest BCUT2D eigenvalue weighted by molar-refractivity contribution is 0.00578. The Balaban J connectivity index is 1.43. The molecule has 4 aromatic rings. The molecule has 1 saturated heterocycles. The Kier molecular flexibility index (Phi) is 4.14. The van der Waals surface area contributed by atoms with Gasteiger partial charge in [0.05, 0.1) is 16.9 Å². The predicted molar refractivity (Wildman–Crippen MR) is 131 cm³/mol. The minimum atomic E-state index is -0.373. The number of benzene rings is 4. The van der Waals surface area contributed by atoms with Crippen molar-refractivity contribution in [2.45, 2.75) is 45.1 Å². The molecule has 1 fully saturated rings. The summed E-state index contributed by atoms with van der Waals surface area (Å²) in [5, 5.41) is 8.12. The maximum atomic E-state index is 6.44. The van der Waals surface area contributed by atoms with Gasteiger partial charge in [-0.3, -0.25) is 0 Å². The van der Waals surface area contributed by atoms with Crippen LogP contribution in [0.2, 0.25) is 0 Å². The van der Waals surface area contributed by atoms with Crippen LogP contribution < -0.4 is 15.5 Å². The van der Waals surface area contributed by atoms with Gasteiger partial charge in [-0.15, -0.1) is 0 Å². The fourth-order valence-electron chi connectivity index (χ4n) is 4.57. The Morgan fingerprint density at radius 2 is 1.47 bits per heavy atom. The molecule has 0 amide bonds. The van der Waals surface area contributed by atoms with E-state index >= 15 is 0 Å². The first-order valence-corrected chi connectivity index (χ1v) is 11.2. The highest BCUT2D eigenvalue weighted by Gasteiger charge is 2.51. The molecule has 1 N–H and O–H groups in total. The van der Waals surface area contributed by atoms with Crippen molar-refractivity contribution in [2.24, 2.45) is 0 Å². The fraction of sp³-hybridized carbons (Fsp3) is 0.259. The molecule has 0 spiro atoms. The Morgan fingerprint density at radius 3 is 2.22 bits per heavy atom. The molecule has 4 aromatic carbocycles. The fourth-order valence-corrected chi connectivity index (χ4v) is 4.57. The Bertz CT molecular complexity index is 1330. The van der Waals surface area contributed by atoms with E-state index in [0.29, 0.717) is 0 Å². The third kappa shape index (κ3) is 2.92. The number of hydrogen-bond donors (Lipinski definition) is 1. The summed E-state index contributed by atoms with van der Waals surface area (Å²) in [4.78, 5) is 0. The largest absolute Gasteiger partial charge is 0.494 e. The summed E-state index contributed by atoms with van der Waals surface area (Å²) in [6.07, 6.45) is -0.184. The number of ether oxygens (including phenoxy) is 1. The molecule has 5 heteroatoms. The van der Waals surface area contributed by atoms with Crippen molar-refractivity contribution < 1.29 is 14.0 Å². The first-order chi connectivity index (χ1) is 15.3. The highest BCUT2D eigenvalue weighted by Crippen LogP contribution is 2.45. The molecule has 160 valence electrons. The molecule has 0 radical (unpaired) electrons. The quantitative estimate of drug-likeness (QED) is 0.327. The second kappa shape index (κ2) is 6.74. The van der Waals surface area contributed by atoms with Crippen LogP contribution in [0.25, 0.3) is 21.5 Å². The average Bonchev–Trinajstić information content (AvgIpc) is 3.31. The van der Waals surface area contributed by atoms with E-state index in [1.807, 2.05) is 18.2 Å². The van der Waals surface area contributed by atoms with Crippen molar-refractivity contribution in [3.8, 4) is 5.75 Å². The van der Waals surface area contributed by atoms with Crippen LogP contribution >= 0.6 is 0 Å². The van der Waals surface area contributed by atoms with Gasteiger partial charge in [-0.2, -0.15) is 0 Å². The zero-order valence-electron chi connectivity index (χ0n) is 18.8. The standard InChI is InChI=1S/C27H26BNO3/c1-26(2)27(3,4)32-28(31-26)20-13-14-21-19(16-20)11-10-17-12-15-22-24(23(17)21)30-25(29-22)18-8-6-5-7-9-18/h5-16,25,29H,1-4H3. The van der Waals surface area contributed by atoms with E-state index < -0.39 is 0 Å². The number of rotatable bonds is 2. The van der Waals surface area contributed by atoms with E-state index in [0.717, 1.165) is 44.0 Å². The van der Waals surface area contributed by atoms with E-state index in [-0.39, 0.29) is 24.5 Å². The van der Waals surface area contributed by atoms with Crippen molar-refractivity contribution in [1.29, 1.82) is 0 Å². The van der Waals surface area contributed by atoms with Crippen LogP contribution in [0.3, 0.4) is 0 Å². The van der Waals surface area contributed by atoms with Crippen molar-refractivity contribution in [1.82, 2.24) is 0 Å². The third-order valence-corrected chi connectivity index (χ3v) is 7.13. The van der Waals surface area contributed by atoms with Crippen LogP contribution in [0.5, 0.6) is 5.75 Å². The van der Waals surface area contributed by atoms with Crippen molar-refractivity contribution >= 4 is 39.8 Å². The van der Waals surface area contributed by atoms with Gasteiger partial charge in [0, 0.05) is 10.9 Å². The number of nitrogens with one attached hydrogen (secondary N) is 1. The summed E-state index contributed by atoms with van der Waals surface area (Å²) in [7, 11) is -0.373. The normalized spacial score (nSPS) is 20.9. The van der Waals surface area contributed by atoms with Gasteiger partial charge in [0.2, 0.25) is 0 Å². The highest BCUT2D eigenvalue weighted by atomic mass is 16.7. The van der Waals surface area contributed by atoms with Crippen LogP contribution in [0.1, 0.15) is 39.5 Å². The van der Waals surface area contributed by atoms with E-state index in [2.05, 4.69) is 87.6 Å². The topological polar surface area (TPSA) is 39.7 Å². The zero-order chi connectivity index (χ0) is 22.1. The van der Waals surface area contributed by atoms with Crippen molar-refractivity contribution in [3.63, 3.8) is 0 Å². The van der Waals surface area contributed by atoms with E-state index in [1.54, 1.807) is 0 Å². The second-order valence-electron chi connectivity index (χ2n) is 9.73. The van der Waals surface area contributed by atoms with Gasteiger partial charge in [0.25, 0.3) is 0 Å². The van der Waals surface area contributed by atoms with Gasteiger partial charge in [0.15, 0.2) is 12.0 Å². The minimum Gasteiger partial charge on any atom is -0.464 e. The zero-order valence-corrected chi connectivity index (χ0v) is 18.8. The summed E-state index contributed by atoms with van der Waals surface area (Å²) in [5.41, 5.74) is 2.45. The Morgan fingerprint density at radius 1 is 0.781 bits per heavy atom. The SMILES string of the molecule is CC1(C)OB(c2ccc3c(ccc4ccc5c(c43)OC(c3ccccc3)N5)c2)OC1(C)C. The van der Waals surface area contributed by atoms with Crippen molar-refractivity contribution in [2.75, 3.05) is 5.32 Å². The molecule has 2 heterocycles. The number of fused-ring (bicyclic) bond motifs is 5. The van der Waals surface area contributed by atoms with Crippen LogP contribution in [0.15, 0.2) is 72.8 Å². The van der Waals surface area contributed by atoms with Crippen LogP contribution in [0.4, 0.5) is 5.69 Å². The van der Waals surface area contributed by atoms with Gasteiger partial charge >= 0.3 is 7.12 Å². The van der Waals surface area contributed by atoms with Gasteiger partial charge in [-0.1, -0.05) is 66.7 Å². The molecule has 4 nitrogen and oxygen atoms in total. The van der Waals surface area contributed by atoms with E-state index in [9.17, 15) is 0 Å². The molecule has 6 rings (SSSR count). The van der Waals surface area contributed by atoms with Gasteiger partial charge < -0.3 is 19.4 Å². The molecule has 2 aliphatic heterocycles. The first-order valence-electron chi connectivity index (χ1n) is 11.2. The number of anilines is 1. The molecular weight excluding hydrogens is 397 g/mol. The molecule has 32 heavy (non-hydrogen) atoms. The summed E-state index contributed by atoms with van der Waals surface area (Å²) in [5.74, 6) is 0.908. The van der Waals surface area contributed by atoms with Gasteiger partial charge in [-0.25, -0.2) is 0 Å². The molecule has 0 bridgehead atoms. The van der Waals surface area contributed by atoms with E-state index in [1.165, 1.54) is 0 Å². The molecular formula is C27H26BNO3. The first kappa shape index (κ1) is 19.7. The smallest absolute Gasteiger partial charge is 0.464 e. The minimum absolute atomic E-state index is 0.184. The highest BCUT2D eigenvalue weighted by molar-refractivity contribution is 6.62. The third-order valence-electron chi connectivity index (χ3n) is 7.13. The average molecular weight is 423 g/mol. The van der Waals surface area contributed by atoms with E-state index in [4.69, 9.17) is 14.0 Å². The Hall–Kier alpha value is -3.02.